The molecule has 3 aromatic carbocycles. The molecule has 8 nitrogen and oxygen atoms in total. The van der Waals surface area contributed by atoms with Crippen molar-refractivity contribution < 1.29 is 19.1 Å². The molecule has 1 aliphatic heterocycles. The Labute approximate surface area is 228 Å². The highest BCUT2D eigenvalue weighted by Crippen LogP contribution is 2.31. The molecule has 0 aliphatic carbocycles. The van der Waals surface area contributed by atoms with Gasteiger partial charge in [-0.1, -0.05) is 42.0 Å². The molecule has 0 radical (unpaired) electrons. The number of nitrogens with zero attached hydrogens (tertiary/aromatic N) is 4. The summed E-state index contributed by atoms with van der Waals surface area (Å²) in [4.78, 5) is 29.6. The number of piperazine rings is 1. The lowest BCUT2D eigenvalue weighted by Gasteiger charge is -2.36. The smallest absolute Gasteiger partial charge is 0.358 e. The molecule has 0 N–H and O–H groups in total. The lowest BCUT2D eigenvalue weighted by Crippen LogP contribution is -2.48. The summed E-state index contributed by atoms with van der Waals surface area (Å²) in [5.74, 6) is 0.251. The summed E-state index contributed by atoms with van der Waals surface area (Å²) in [5, 5.41) is 4.57. The third kappa shape index (κ3) is 5.50. The van der Waals surface area contributed by atoms with Crippen LogP contribution in [0.2, 0.25) is 0 Å². The minimum Gasteiger partial charge on any atom is -0.494 e. The predicted molar refractivity (Wildman–Crippen MR) is 151 cm³/mol. The van der Waals surface area contributed by atoms with Gasteiger partial charge in [0.15, 0.2) is 5.69 Å². The molecule has 200 valence electrons. The van der Waals surface area contributed by atoms with Crippen LogP contribution in [0.1, 0.15) is 33.3 Å². The predicted octanol–water partition coefficient (Wildman–Crippen LogP) is 5.00. The molecule has 1 aromatic heterocycles. The van der Waals surface area contributed by atoms with Crippen LogP contribution >= 0.6 is 0 Å². The zero-order valence-corrected chi connectivity index (χ0v) is 22.5. The third-order valence-corrected chi connectivity index (χ3v) is 6.90. The first-order valence-corrected chi connectivity index (χ1v) is 13.1. The van der Waals surface area contributed by atoms with Gasteiger partial charge in [-0.3, -0.25) is 4.79 Å². The fourth-order valence-electron chi connectivity index (χ4n) is 4.77. The average Bonchev–Trinajstić information content (AvgIpc) is 3.43. The molecule has 2 heterocycles. The number of aromatic nitrogens is 2. The van der Waals surface area contributed by atoms with Crippen molar-refractivity contribution in [1.82, 2.24) is 14.7 Å². The Morgan fingerprint density at radius 1 is 0.897 bits per heavy atom. The maximum Gasteiger partial charge on any atom is 0.358 e. The van der Waals surface area contributed by atoms with E-state index in [2.05, 4.69) is 22.1 Å². The average molecular weight is 525 g/mol. The maximum absolute atomic E-state index is 12.9. The van der Waals surface area contributed by atoms with Crippen molar-refractivity contribution in [3.63, 3.8) is 0 Å². The van der Waals surface area contributed by atoms with Crippen molar-refractivity contribution in [2.24, 2.45) is 0 Å². The standard InChI is InChI=1S/C31H32N4O4/c1-4-39-31(37)26-21-28(35(32-26)27-7-5-6-8-29(27)38-3)23-13-15-25(16-14-23)33-17-19-34(20-18-33)30(36)24-11-9-22(2)10-12-24/h5-16,21H,4,17-20H2,1-3H3. The molecular weight excluding hydrogens is 492 g/mol. The van der Waals surface area contributed by atoms with Gasteiger partial charge >= 0.3 is 5.97 Å². The number of rotatable bonds is 7. The van der Waals surface area contributed by atoms with Crippen LogP contribution in [0.5, 0.6) is 5.75 Å². The molecule has 0 unspecified atom stereocenters. The van der Waals surface area contributed by atoms with Crippen LogP contribution < -0.4 is 9.64 Å². The molecule has 4 aromatic rings. The molecular formula is C31H32N4O4. The van der Waals surface area contributed by atoms with Crippen LogP contribution in [0.15, 0.2) is 78.9 Å². The lowest BCUT2D eigenvalue weighted by atomic mass is 10.1. The van der Waals surface area contributed by atoms with E-state index in [1.807, 2.05) is 72.5 Å². The second-order valence-electron chi connectivity index (χ2n) is 9.41. The number of esters is 1. The number of hydrogen-bond donors (Lipinski definition) is 0. The normalized spacial score (nSPS) is 13.3. The molecule has 39 heavy (non-hydrogen) atoms. The highest BCUT2D eigenvalue weighted by atomic mass is 16.5. The van der Waals surface area contributed by atoms with E-state index in [1.165, 1.54) is 0 Å². The number of carbonyl (C=O) groups excluding carboxylic acids is 2. The number of amides is 1. The first kappa shape index (κ1) is 26.0. The summed E-state index contributed by atoms with van der Waals surface area (Å²) in [6.07, 6.45) is 0. The van der Waals surface area contributed by atoms with E-state index < -0.39 is 5.97 Å². The van der Waals surface area contributed by atoms with Crippen molar-refractivity contribution in [3.8, 4) is 22.7 Å². The first-order chi connectivity index (χ1) is 19.0. The van der Waals surface area contributed by atoms with Gasteiger partial charge in [0.1, 0.15) is 11.4 Å². The highest BCUT2D eigenvalue weighted by Gasteiger charge is 2.23. The van der Waals surface area contributed by atoms with Crippen molar-refractivity contribution in [2.75, 3.05) is 44.8 Å². The van der Waals surface area contributed by atoms with Gasteiger partial charge in [-0.05, 0) is 56.3 Å². The van der Waals surface area contributed by atoms with Crippen LogP contribution in [0.4, 0.5) is 5.69 Å². The second-order valence-corrected chi connectivity index (χ2v) is 9.41. The minimum atomic E-state index is -0.470. The highest BCUT2D eigenvalue weighted by molar-refractivity contribution is 5.94. The summed E-state index contributed by atoms with van der Waals surface area (Å²) in [5.41, 5.74) is 5.56. The van der Waals surface area contributed by atoms with Crippen molar-refractivity contribution >= 4 is 17.6 Å². The topological polar surface area (TPSA) is 76.9 Å². The Kier molecular flexibility index (Phi) is 7.63. The second kappa shape index (κ2) is 11.4. The number of carbonyl (C=O) groups is 2. The van der Waals surface area contributed by atoms with E-state index >= 15 is 0 Å². The number of aryl methyl sites for hydroxylation is 1. The maximum atomic E-state index is 12.9. The van der Waals surface area contributed by atoms with Crippen LogP contribution in [0.25, 0.3) is 16.9 Å². The Bertz CT molecular complexity index is 1450. The van der Waals surface area contributed by atoms with Gasteiger partial charge in [-0.25, -0.2) is 9.48 Å². The fourth-order valence-corrected chi connectivity index (χ4v) is 4.77. The van der Waals surface area contributed by atoms with Crippen LogP contribution in [-0.4, -0.2) is 66.5 Å². The number of para-hydroxylation sites is 2. The third-order valence-electron chi connectivity index (χ3n) is 6.90. The number of ether oxygens (including phenoxy) is 2. The first-order valence-electron chi connectivity index (χ1n) is 13.1. The quantitative estimate of drug-likeness (QED) is 0.317. The summed E-state index contributed by atoms with van der Waals surface area (Å²) in [7, 11) is 1.61. The molecule has 1 saturated heterocycles. The van der Waals surface area contributed by atoms with Gasteiger partial charge < -0.3 is 19.3 Å². The van der Waals surface area contributed by atoms with E-state index in [0.717, 1.165) is 46.8 Å². The number of methoxy groups -OCH3 is 1. The SMILES string of the molecule is CCOC(=O)c1cc(-c2ccc(N3CCN(C(=O)c4ccc(C)cc4)CC3)cc2)n(-c2ccccc2OC)n1. The lowest BCUT2D eigenvalue weighted by molar-refractivity contribution is 0.0518. The largest absolute Gasteiger partial charge is 0.494 e. The number of hydrogen-bond acceptors (Lipinski definition) is 6. The van der Waals surface area contributed by atoms with E-state index in [-0.39, 0.29) is 18.2 Å². The van der Waals surface area contributed by atoms with Crippen LogP contribution in [-0.2, 0) is 4.74 Å². The summed E-state index contributed by atoms with van der Waals surface area (Å²) in [6.45, 7) is 6.90. The van der Waals surface area contributed by atoms with Gasteiger partial charge in [-0.2, -0.15) is 5.10 Å². The van der Waals surface area contributed by atoms with E-state index in [4.69, 9.17) is 9.47 Å². The minimum absolute atomic E-state index is 0.0759. The number of benzene rings is 3. The Morgan fingerprint density at radius 3 is 2.26 bits per heavy atom. The van der Waals surface area contributed by atoms with Gasteiger partial charge in [0, 0.05) is 43.0 Å². The molecule has 1 fully saturated rings. The number of anilines is 1. The van der Waals surface area contributed by atoms with E-state index in [0.29, 0.717) is 18.8 Å². The molecule has 0 saturated carbocycles. The Balaban J connectivity index is 1.35. The Hall–Kier alpha value is -4.59. The Morgan fingerprint density at radius 2 is 1.59 bits per heavy atom. The van der Waals surface area contributed by atoms with Crippen LogP contribution in [0, 0.1) is 6.92 Å². The molecule has 0 bridgehead atoms. The van der Waals surface area contributed by atoms with E-state index in [1.54, 1.807) is 24.8 Å². The van der Waals surface area contributed by atoms with Crippen LogP contribution in [0.3, 0.4) is 0 Å². The summed E-state index contributed by atoms with van der Waals surface area (Å²) >= 11 is 0. The molecule has 5 rings (SSSR count). The fraction of sp³-hybridized carbons (Fsp3) is 0.258. The van der Waals surface area contributed by atoms with E-state index in [9.17, 15) is 9.59 Å². The van der Waals surface area contributed by atoms with Gasteiger partial charge in [-0.15, -0.1) is 0 Å². The summed E-state index contributed by atoms with van der Waals surface area (Å²) < 4.78 is 12.5. The van der Waals surface area contributed by atoms with Gasteiger partial charge in [0.25, 0.3) is 5.91 Å². The zero-order chi connectivity index (χ0) is 27.4. The van der Waals surface area contributed by atoms with Gasteiger partial charge in [0.2, 0.25) is 0 Å². The monoisotopic (exact) mass is 524 g/mol. The van der Waals surface area contributed by atoms with Crippen molar-refractivity contribution in [1.29, 1.82) is 0 Å². The van der Waals surface area contributed by atoms with Crippen molar-refractivity contribution in [2.45, 2.75) is 13.8 Å². The molecule has 8 heteroatoms. The molecule has 0 spiro atoms. The summed E-state index contributed by atoms with van der Waals surface area (Å²) in [6, 6.07) is 25.2. The van der Waals surface area contributed by atoms with Gasteiger partial charge in [0.05, 0.1) is 19.4 Å². The molecule has 1 aliphatic rings. The molecule has 0 atom stereocenters. The molecule has 1 amide bonds. The zero-order valence-electron chi connectivity index (χ0n) is 22.5. The van der Waals surface area contributed by atoms with Crippen molar-refractivity contribution in [3.05, 3.63) is 95.7 Å².